The summed E-state index contributed by atoms with van der Waals surface area (Å²) in [7, 11) is 1.56. The Morgan fingerprint density at radius 3 is 2.90 bits per heavy atom. The van der Waals surface area contributed by atoms with Crippen molar-refractivity contribution in [1.29, 1.82) is 0 Å². The average molecular weight is 287 g/mol. The van der Waals surface area contributed by atoms with Crippen LogP contribution < -0.4 is 15.7 Å². The van der Waals surface area contributed by atoms with E-state index in [1.54, 1.807) is 37.4 Å². The number of H-pyrrole nitrogens is 1. The van der Waals surface area contributed by atoms with Crippen LogP contribution in [-0.2, 0) is 0 Å². The molecule has 2 aromatic rings. The van der Waals surface area contributed by atoms with Gasteiger partial charge in [0, 0.05) is 12.1 Å². The molecule has 0 fully saturated rings. The van der Waals surface area contributed by atoms with Crippen LogP contribution in [0, 0.1) is 0 Å². The van der Waals surface area contributed by atoms with Gasteiger partial charge in [0.15, 0.2) is 0 Å². The van der Waals surface area contributed by atoms with Gasteiger partial charge in [-0.1, -0.05) is 19.1 Å². The number of rotatable bonds is 5. The number of carbonyl (C=O) groups excluding carboxylic acids is 1. The van der Waals surface area contributed by atoms with E-state index in [-0.39, 0.29) is 11.6 Å². The molecule has 0 aliphatic carbocycles. The van der Waals surface area contributed by atoms with Crippen LogP contribution in [0.3, 0.4) is 0 Å². The molecule has 1 aromatic heterocycles. The third kappa shape index (κ3) is 3.68. The molecule has 2 N–H and O–H groups in total. The Morgan fingerprint density at radius 2 is 2.19 bits per heavy atom. The van der Waals surface area contributed by atoms with E-state index in [1.165, 1.54) is 0 Å². The van der Waals surface area contributed by atoms with Crippen molar-refractivity contribution in [3.05, 3.63) is 46.5 Å². The topological polar surface area (TPSA) is 84.1 Å². The fraction of sp³-hybridized carbons (Fsp3) is 0.267. The number of aromatic amines is 1. The first-order valence-corrected chi connectivity index (χ1v) is 6.68. The Labute approximate surface area is 122 Å². The van der Waals surface area contributed by atoms with E-state index in [4.69, 9.17) is 4.74 Å². The van der Waals surface area contributed by atoms with E-state index in [1.807, 2.05) is 6.92 Å². The van der Waals surface area contributed by atoms with E-state index >= 15 is 0 Å². The van der Waals surface area contributed by atoms with Crippen LogP contribution in [0.15, 0.2) is 35.1 Å². The molecule has 6 nitrogen and oxygen atoms in total. The molecule has 0 aliphatic rings. The molecule has 21 heavy (non-hydrogen) atoms. The number of nitrogens with one attached hydrogen (secondary N) is 2. The highest BCUT2D eigenvalue weighted by Crippen LogP contribution is 2.21. The Bertz CT molecular complexity index is 695. The van der Waals surface area contributed by atoms with Crippen LogP contribution in [0.2, 0.25) is 0 Å². The highest BCUT2D eigenvalue weighted by Gasteiger charge is 2.10. The first kappa shape index (κ1) is 14.8. The van der Waals surface area contributed by atoms with Gasteiger partial charge in [-0.25, -0.2) is 4.79 Å². The van der Waals surface area contributed by atoms with Gasteiger partial charge in [0.25, 0.3) is 5.91 Å². The zero-order chi connectivity index (χ0) is 15.2. The smallest absolute Gasteiger partial charge is 0.346 e. The van der Waals surface area contributed by atoms with E-state index < -0.39 is 5.69 Å². The third-order valence-corrected chi connectivity index (χ3v) is 2.89. The average Bonchev–Trinajstić information content (AvgIpc) is 2.52. The highest BCUT2D eigenvalue weighted by molar-refractivity contribution is 5.93. The SMILES string of the molecule is CCCNC(=O)c1cc(-c2cccc(OC)c2)nc(=O)[nH]1. The van der Waals surface area contributed by atoms with Gasteiger partial charge >= 0.3 is 5.69 Å². The summed E-state index contributed by atoms with van der Waals surface area (Å²) in [6.45, 7) is 2.51. The van der Waals surface area contributed by atoms with E-state index in [0.717, 1.165) is 6.42 Å². The lowest BCUT2D eigenvalue weighted by Crippen LogP contribution is -2.27. The molecule has 0 aliphatic heterocycles. The monoisotopic (exact) mass is 287 g/mol. The minimum Gasteiger partial charge on any atom is -0.497 e. The number of hydrogen-bond donors (Lipinski definition) is 2. The summed E-state index contributed by atoms with van der Waals surface area (Å²) in [6.07, 6.45) is 0.823. The van der Waals surface area contributed by atoms with Crippen molar-refractivity contribution >= 4 is 5.91 Å². The molecule has 0 saturated carbocycles. The van der Waals surface area contributed by atoms with Gasteiger partial charge in [-0.2, -0.15) is 4.98 Å². The van der Waals surface area contributed by atoms with Crippen molar-refractivity contribution in [3.63, 3.8) is 0 Å². The zero-order valence-corrected chi connectivity index (χ0v) is 12.0. The van der Waals surface area contributed by atoms with Gasteiger partial charge in [0.05, 0.1) is 12.8 Å². The molecule has 0 bridgehead atoms. The summed E-state index contributed by atoms with van der Waals surface area (Å²) in [6, 6.07) is 8.72. The summed E-state index contributed by atoms with van der Waals surface area (Å²) in [4.78, 5) is 29.9. The number of aromatic nitrogens is 2. The summed E-state index contributed by atoms with van der Waals surface area (Å²) in [5, 5.41) is 2.72. The molecule has 0 saturated heterocycles. The lowest BCUT2D eigenvalue weighted by Gasteiger charge is -2.06. The molecule has 6 heteroatoms. The second-order valence-corrected chi connectivity index (χ2v) is 4.47. The minimum absolute atomic E-state index is 0.196. The van der Waals surface area contributed by atoms with E-state index in [9.17, 15) is 9.59 Å². The second kappa shape index (κ2) is 6.69. The molecule has 2 rings (SSSR count). The molecule has 0 spiro atoms. The highest BCUT2D eigenvalue weighted by atomic mass is 16.5. The minimum atomic E-state index is -0.558. The van der Waals surface area contributed by atoms with Gasteiger partial charge in [0.1, 0.15) is 11.4 Å². The Balaban J connectivity index is 2.38. The van der Waals surface area contributed by atoms with Crippen LogP contribution in [0.4, 0.5) is 0 Å². The summed E-state index contributed by atoms with van der Waals surface area (Å²) < 4.78 is 5.14. The molecule has 0 atom stereocenters. The van der Waals surface area contributed by atoms with Crippen LogP contribution in [0.5, 0.6) is 5.75 Å². The van der Waals surface area contributed by atoms with Crippen LogP contribution in [-0.4, -0.2) is 29.5 Å². The number of benzene rings is 1. The maximum atomic E-state index is 11.9. The summed E-state index contributed by atoms with van der Waals surface area (Å²) >= 11 is 0. The fourth-order valence-corrected chi connectivity index (χ4v) is 1.84. The zero-order valence-electron chi connectivity index (χ0n) is 12.0. The standard InChI is InChI=1S/C15H17N3O3/c1-3-7-16-14(19)13-9-12(17-15(20)18-13)10-5-4-6-11(8-10)21-2/h4-6,8-9H,3,7H2,1-2H3,(H,16,19)(H,17,18,20). The molecular weight excluding hydrogens is 270 g/mol. The van der Waals surface area contributed by atoms with Crippen molar-refractivity contribution in [2.24, 2.45) is 0 Å². The Hall–Kier alpha value is -2.63. The molecule has 0 radical (unpaired) electrons. The van der Waals surface area contributed by atoms with Crippen molar-refractivity contribution in [2.75, 3.05) is 13.7 Å². The maximum absolute atomic E-state index is 11.9. The summed E-state index contributed by atoms with van der Waals surface area (Å²) in [5.41, 5.74) is 0.780. The molecule has 1 heterocycles. The number of hydrogen-bond acceptors (Lipinski definition) is 4. The van der Waals surface area contributed by atoms with Gasteiger partial charge in [-0.05, 0) is 24.6 Å². The van der Waals surface area contributed by atoms with Crippen LogP contribution >= 0.6 is 0 Å². The van der Waals surface area contributed by atoms with E-state index in [0.29, 0.717) is 23.6 Å². The van der Waals surface area contributed by atoms with Gasteiger partial charge < -0.3 is 15.0 Å². The van der Waals surface area contributed by atoms with Crippen molar-refractivity contribution < 1.29 is 9.53 Å². The molecule has 110 valence electrons. The summed E-state index contributed by atoms with van der Waals surface area (Å²) in [5.74, 6) is 0.340. The van der Waals surface area contributed by atoms with E-state index in [2.05, 4.69) is 15.3 Å². The molecule has 0 unspecified atom stereocenters. The van der Waals surface area contributed by atoms with Gasteiger partial charge in [0.2, 0.25) is 0 Å². The van der Waals surface area contributed by atoms with Crippen LogP contribution in [0.25, 0.3) is 11.3 Å². The molecular formula is C15H17N3O3. The number of methoxy groups -OCH3 is 1. The molecule has 1 amide bonds. The predicted molar refractivity (Wildman–Crippen MR) is 79.5 cm³/mol. The Morgan fingerprint density at radius 1 is 1.38 bits per heavy atom. The third-order valence-electron chi connectivity index (χ3n) is 2.89. The van der Waals surface area contributed by atoms with Gasteiger partial charge in [-0.15, -0.1) is 0 Å². The predicted octanol–water partition coefficient (Wildman–Crippen LogP) is 1.59. The normalized spacial score (nSPS) is 10.2. The number of amides is 1. The Kier molecular flexibility index (Phi) is 4.71. The maximum Gasteiger partial charge on any atom is 0.346 e. The number of carbonyl (C=O) groups is 1. The largest absolute Gasteiger partial charge is 0.497 e. The second-order valence-electron chi connectivity index (χ2n) is 4.47. The number of nitrogens with zero attached hydrogens (tertiary/aromatic N) is 1. The van der Waals surface area contributed by atoms with Crippen molar-refractivity contribution in [2.45, 2.75) is 13.3 Å². The number of ether oxygens (including phenoxy) is 1. The fourth-order valence-electron chi connectivity index (χ4n) is 1.84. The van der Waals surface area contributed by atoms with Crippen molar-refractivity contribution in [3.8, 4) is 17.0 Å². The first-order chi connectivity index (χ1) is 10.1. The lowest BCUT2D eigenvalue weighted by molar-refractivity contribution is 0.0948. The molecule has 1 aromatic carbocycles. The quantitative estimate of drug-likeness (QED) is 0.874. The van der Waals surface area contributed by atoms with Crippen LogP contribution in [0.1, 0.15) is 23.8 Å². The first-order valence-electron chi connectivity index (χ1n) is 6.68. The van der Waals surface area contributed by atoms with Gasteiger partial charge in [-0.3, -0.25) is 4.79 Å². The lowest BCUT2D eigenvalue weighted by atomic mass is 10.1. The van der Waals surface area contributed by atoms with Crippen molar-refractivity contribution in [1.82, 2.24) is 15.3 Å².